The summed E-state index contributed by atoms with van der Waals surface area (Å²) in [7, 11) is 0. The van der Waals surface area contributed by atoms with Gasteiger partial charge in [0.15, 0.2) is 6.61 Å². The molecule has 0 bridgehead atoms. The maximum absolute atomic E-state index is 13.0. The number of hydrogen-bond donors (Lipinski definition) is 1. The molecule has 0 unspecified atom stereocenters. The first-order valence-electron chi connectivity index (χ1n) is 9.94. The zero-order valence-corrected chi connectivity index (χ0v) is 20.1. The van der Waals surface area contributed by atoms with Crippen molar-refractivity contribution >= 4 is 39.3 Å². The van der Waals surface area contributed by atoms with Gasteiger partial charge < -0.3 is 15.0 Å². The number of amides is 2. The van der Waals surface area contributed by atoms with E-state index in [1.54, 1.807) is 30.0 Å². The van der Waals surface area contributed by atoms with Gasteiger partial charge in [0, 0.05) is 22.1 Å². The highest BCUT2D eigenvalue weighted by molar-refractivity contribution is 9.10. The van der Waals surface area contributed by atoms with Crippen LogP contribution in [0.5, 0.6) is 5.75 Å². The lowest BCUT2D eigenvalue weighted by atomic mass is 10.1. The zero-order valence-electron chi connectivity index (χ0n) is 17.7. The fourth-order valence-electron chi connectivity index (χ4n) is 2.82. The van der Waals surface area contributed by atoms with Crippen LogP contribution in [0.25, 0.3) is 0 Å². The monoisotopic (exact) mass is 494 g/mol. The maximum atomic E-state index is 13.0. The SMILES string of the molecule is CC[C@H](C)NC(=O)[C@@H](C)N(Cc1cccc(Br)c1)C(=O)COc1ccc(Cl)c(C)c1. The number of benzene rings is 2. The molecule has 2 aromatic carbocycles. The number of nitrogens with one attached hydrogen (secondary N) is 1. The number of rotatable bonds is 9. The van der Waals surface area contributed by atoms with Crippen molar-refractivity contribution in [2.75, 3.05) is 6.61 Å². The summed E-state index contributed by atoms with van der Waals surface area (Å²) in [5, 5.41) is 3.59. The van der Waals surface area contributed by atoms with Crippen molar-refractivity contribution in [2.45, 2.75) is 52.7 Å². The molecule has 0 aliphatic rings. The van der Waals surface area contributed by atoms with Crippen LogP contribution in [0.3, 0.4) is 0 Å². The lowest BCUT2D eigenvalue weighted by Crippen LogP contribution is -2.50. The molecule has 0 aliphatic heterocycles. The predicted molar refractivity (Wildman–Crippen MR) is 124 cm³/mol. The van der Waals surface area contributed by atoms with Gasteiger partial charge in [-0.2, -0.15) is 0 Å². The summed E-state index contributed by atoms with van der Waals surface area (Å²) in [6.45, 7) is 7.68. The number of hydrogen-bond acceptors (Lipinski definition) is 3. The minimum absolute atomic E-state index is 0.0380. The number of ether oxygens (including phenoxy) is 1. The van der Waals surface area contributed by atoms with E-state index in [0.717, 1.165) is 22.0 Å². The smallest absolute Gasteiger partial charge is 0.261 e. The van der Waals surface area contributed by atoms with Gasteiger partial charge in [-0.25, -0.2) is 0 Å². The molecule has 162 valence electrons. The Morgan fingerprint density at radius 2 is 1.93 bits per heavy atom. The van der Waals surface area contributed by atoms with Gasteiger partial charge in [-0.3, -0.25) is 9.59 Å². The maximum Gasteiger partial charge on any atom is 0.261 e. The Morgan fingerprint density at radius 3 is 2.57 bits per heavy atom. The molecule has 0 radical (unpaired) electrons. The summed E-state index contributed by atoms with van der Waals surface area (Å²) in [5.74, 6) is 0.105. The molecular weight excluding hydrogens is 468 g/mol. The second-order valence-corrected chi connectivity index (χ2v) is 8.67. The van der Waals surface area contributed by atoms with Crippen LogP contribution in [0.4, 0.5) is 0 Å². The summed E-state index contributed by atoms with van der Waals surface area (Å²) in [6, 6.07) is 12.3. The van der Waals surface area contributed by atoms with Gasteiger partial charge >= 0.3 is 0 Å². The van der Waals surface area contributed by atoms with E-state index in [4.69, 9.17) is 16.3 Å². The number of nitrogens with zero attached hydrogens (tertiary/aromatic N) is 1. The van der Waals surface area contributed by atoms with Crippen LogP contribution < -0.4 is 10.1 Å². The van der Waals surface area contributed by atoms with E-state index in [2.05, 4.69) is 21.2 Å². The van der Waals surface area contributed by atoms with Crippen molar-refractivity contribution in [3.63, 3.8) is 0 Å². The average Bonchev–Trinajstić information content (AvgIpc) is 2.72. The van der Waals surface area contributed by atoms with Gasteiger partial charge in [0.1, 0.15) is 11.8 Å². The Labute approximate surface area is 191 Å². The number of carbonyl (C=O) groups excluding carboxylic acids is 2. The lowest BCUT2D eigenvalue weighted by Gasteiger charge is -2.29. The van der Waals surface area contributed by atoms with Crippen molar-refractivity contribution < 1.29 is 14.3 Å². The van der Waals surface area contributed by atoms with Crippen molar-refractivity contribution in [1.29, 1.82) is 0 Å². The van der Waals surface area contributed by atoms with Crippen LogP contribution in [-0.2, 0) is 16.1 Å². The van der Waals surface area contributed by atoms with Crippen LogP contribution in [0.1, 0.15) is 38.3 Å². The summed E-state index contributed by atoms with van der Waals surface area (Å²) in [5.41, 5.74) is 1.79. The summed E-state index contributed by atoms with van der Waals surface area (Å²) in [4.78, 5) is 27.3. The van der Waals surface area contributed by atoms with Crippen molar-refractivity contribution in [1.82, 2.24) is 10.2 Å². The third-order valence-electron chi connectivity index (χ3n) is 4.90. The van der Waals surface area contributed by atoms with E-state index in [9.17, 15) is 9.59 Å². The topological polar surface area (TPSA) is 58.6 Å². The van der Waals surface area contributed by atoms with Crippen molar-refractivity contribution in [2.24, 2.45) is 0 Å². The number of halogens is 2. The van der Waals surface area contributed by atoms with E-state index in [1.807, 2.05) is 45.0 Å². The van der Waals surface area contributed by atoms with Crippen LogP contribution in [0.15, 0.2) is 46.9 Å². The van der Waals surface area contributed by atoms with Gasteiger partial charge in [-0.05, 0) is 68.7 Å². The number of aryl methyl sites for hydroxylation is 1. The first-order chi connectivity index (χ1) is 14.2. The highest BCUT2D eigenvalue weighted by Crippen LogP contribution is 2.21. The van der Waals surface area contributed by atoms with Gasteiger partial charge in [0.25, 0.3) is 5.91 Å². The van der Waals surface area contributed by atoms with E-state index in [0.29, 0.717) is 17.3 Å². The van der Waals surface area contributed by atoms with E-state index in [1.165, 1.54) is 0 Å². The fraction of sp³-hybridized carbons (Fsp3) is 0.391. The van der Waals surface area contributed by atoms with Crippen molar-refractivity contribution in [3.8, 4) is 5.75 Å². The molecule has 0 fully saturated rings. The van der Waals surface area contributed by atoms with Crippen LogP contribution >= 0.6 is 27.5 Å². The molecule has 2 aromatic rings. The Bertz CT molecular complexity index is 891. The average molecular weight is 496 g/mol. The molecule has 30 heavy (non-hydrogen) atoms. The van der Waals surface area contributed by atoms with Crippen molar-refractivity contribution in [3.05, 3.63) is 63.1 Å². The van der Waals surface area contributed by atoms with Gasteiger partial charge in [-0.1, -0.05) is 46.6 Å². The highest BCUT2D eigenvalue weighted by atomic mass is 79.9. The molecule has 0 heterocycles. The first kappa shape index (κ1) is 24.2. The fourth-order valence-corrected chi connectivity index (χ4v) is 3.38. The van der Waals surface area contributed by atoms with Gasteiger partial charge in [-0.15, -0.1) is 0 Å². The molecule has 0 spiro atoms. The molecule has 0 saturated heterocycles. The summed E-state index contributed by atoms with van der Waals surface area (Å²) in [6.07, 6.45) is 0.817. The van der Waals surface area contributed by atoms with Crippen LogP contribution in [0.2, 0.25) is 5.02 Å². The Kier molecular flexibility index (Phi) is 9.18. The van der Waals surface area contributed by atoms with E-state index < -0.39 is 6.04 Å². The highest BCUT2D eigenvalue weighted by Gasteiger charge is 2.27. The number of carbonyl (C=O) groups is 2. The minimum atomic E-state index is -0.638. The molecule has 0 aliphatic carbocycles. The van der Waals surface area contributed by atoms with Gasteiger partial charge in [0.05, 0.1) is 0 Å². The molecule has 2 atom stereocenters. The third-order valence-corrected chi connectivity index (χ3v) is 5.82. The third kappa shape index (κ3) is 7.03. The minimum Gasteiger partial charge on any atom is -0.484 e. The second-order valence-electron chi connectivity index (χ2n) is 7.35. The largest absolute Gasteiger partial charge is 0.484 e. The Balaban J connectivity index is 2.16. The summed E-state index contributed by atoms with van der Waals surface area (Å²) < 4.78 is 6.60. The predicted octanol–water partition coefficient (Wildman–Crippen LogP) is 5.12. The molecular formula is C23H28BrClN2O3. The standard InChI is InChI=1S/C23H28BrClN2O3/c1-5-16(3)26-23(29)17(4)27(13-18-7-6-8-19(24)12-18)22(28)14-30-20-9-10-21(25)15(2)11-20/h6-12,16-17H,5,13-14H2,1-4H3,(H,26,29)/t16-,17+/m0/s1. The normalized spacial score (nSPS) is 12.7. The molecule has 2 amide bonds. The molecule has 0 aromatic heterocycles. The molecule has 1 N–H and O–H groups in total. The molecule has 7 heteroatoms. The second kappa shape index (κ2) is 11.4. The molecule has 2 rings (SSSR count). The summed E-state index contributed by atoms with van der Waals surface area (Å²) >= 11 is 9.50. The van der Waals surface area contributed by atoms with E-state index >= 15 is 0 Å². The van der Waals surface area contributed by atoms with Gasteiger partial charge in [0.2, 0.25) is 5.91 Å². The Morgan fingerprint density at radius 1 is 1.20 bits per heavy atom. The van der Waals surface area contributed by atoms with Crippen LogP contribution in [0, 0.1) is 6.92 Å². The molecule has 0 saturated carbocycles. The Hall–Kier alpha value is -2.05. The van der Waals surface area contributed by atoms with Crippen LogP contribution in [-0.4, -0.2) is 35.4 Å². The first-order valence-corrected chi connectivity index (χ1v) is 11.1. The lowest BCUT2D eigenvalue weighted by molar-refractivity contribution is -0.142. The van der Waals surface area contributed by atoms with E-state index in [-0.39, 0.29) is 24.5 Å². The molecule has 5 nitrogen and oxygen atoms in total. The zero-order chi connectivity index (χ0) is 22.3. The quantitative estimate of drug-likeness (QED) is 0.525.